The number of hydrogen-bond acceptors (Lipinski definition) is 2. The lowest BCUT2D eigenvalue weighted by molar-refractivity contribution is -0.138. The van der Waals surface area contributed by atoms with Gasteiger partial charge in [-0.15, -0.1) is 0 Å². The number of amides is 1. The lowest BCUT2D eigenvalue weighted by Crippen LogP contribution is -2.42. The van der Waals surface area contributed by atoms with E-state index in [4.69, 9.17) is 0 Å². The summed E-state index contributed by atoms with van der Waals surface area (Å²) in [6.07, 6.45) is 0.858. The van der Waals surface area contributed by atoms with Gasteiger partial charge in [-0.1, -0.05) is 37.3 Å². The van der Waals surface area contributed by atoms with E-state index in [-0.39, 0.29) is 5.91 Å². The van der Waals surface area contributed by atoms with Gasteiger partial charge in [-0.25, -0.2) is 0 Å². The van der Waals surface area contributed by atoms with Gasteiger partial charge in [0.15, 0.2) is 5.60 Å². The van der Waals surface area contributed by atoms with Gasteiger partial charge in [0.05, 0.1) is 0 Å². The average molecular weight is 207 g/mol. The maximum Gasteiger partial charge on any atom is 0.256 e. The third-order valence-corrected chi connectivity index (χ3v) is 2.31. The topological polar surface area (TPSA) is 49.3 Å². The van der Waals surface area contributed by atoms with Crippen molar-refractivity contribution >= 4 is 5.91 Å². The first-order valence-electron chi connectivity index (χ1n) is 5.15. The summed E-state index contributed by atoms with van der Waals surface area (Å²) in [5.41, 5.74) is -0.838. The van der Waals surface area contributed by atoms with Gasteiger partial charge in [0.25, 0.3) is 5.91 Å². The second-order valence-electron chi connectivity index (χ2n) is 3.69. The molecule has 1 atom stereocenters. The van der Waals surface area contributed by atoms with E-state index in [0.29, 0.717) is 12.1 Å². The Hall–Kier alpha value is -1.35. The van der Waals surface area contributed by atoms with Crippen LogP contribution in [0.25, 0.3) is 0 Å². The monoisotopic (exact) mass is 207 g/mol. The predicted molar refractivity (Wildman–Crippen MR) is 59.3 cm³/mol. The Labute approximate surface area is 90.1 Å². The highest BCUT2D eigenvalue weighted by molar-refractivity contribution is 5.85. The quantitative estimate of drug-likeness (QED) is 0.784. The van der Waals surface area contributed by atoms with E-state index in [1.54, 1.807) is 24.3 Å². The Morgan fingerprint density at radius 1 is 1.40 bits per heavy atom. The van der Waals surface area contributed by atoms with Crippen LogP contribution in [0.2, 0.25) is 0 Å². The molecule has 1 aromatic carbocycles. The van der Waals surface area contributed by atoms with Crippen molar-refractivity contribution in [2.75, 3.05) is 6.54 Å². The highest BCUT2D eigenvalue weighted by Gasteiger charge is 2.31. The fraction of sp³-hybridized carbons (Fsp3) is 0.417. The first kappa shape index (κ1) is 11.7. The number of hydrogen-bond donors (Lipinski definition) is 2. The van der Waals surface area contributed by atoms with Crippen LogP contribution in [0.4, 0.5) is 0 Å². The Bertz CT molecular complexity index is 320. The molecular formula is C12H17NO2. The molecule has 0 bridgehead atoms. The van der Waals surface area contributed by atoms with Crippen molar-refractivity contribution in [3.05, 3.63) is 35.9 Å². The van der Waals surface area contributed by atoms with E-state index in [0.717, 1.165) is 6.42 Å². The van der Waals surface area contributed by atoms with Gasteiger partial charge in [-0.2, -0.15) is 0 Å². The molecule has 0 aliphatic heterocycles. The summed E-state index contributed by atoms with van der Waals surface area (Å²) in [7, 11) is 0. The summed E-state index contributed by atoms with van der Waals surface area (Å²) in [5, 5.41) is 12.8. The van der Waals surface area contributed by atoms with Gasteiger partial charge in [-0.3, -0.25) is 4.79 Å². The van der Waals surface area contributed by atoms with Crippen LogP contribution in [-0.4, -0.2) is 17.6 Å². The average Bonchev–Trinajstić information content (AvgIpc) is 2.27. The summed E-state index contributed by atoms with van der Waals surface area (Å²) in [6, 6.07) is 8.94. The summed E-state index contributed by atoms with van der Waals surface area (Å²) >= 11 is 0. The molecule has 1 amide bonds. The maximum absolute atomic E-state index is 11.7. The molecule has 1 unspecified atom stereocenters. The van der Waals surface area contributed by atoms with E-state index in [1.807, 2.05) is 13.0 Å². The van der Waals surface area contributed by atoms with Crippen LogP contribution in [0.5, 0.6) is 0 Å². The van der Waals surface area contributed by atoms with Crippen LogP contribution in [0, 0.1) is 0 Å². The third-order valence-electron chi connectivity index (χ3n) is 2.31. The zero-order valence-electron chi connectivity index (χ0n) is 9.16. The number of benzene rings is 1. The van der Waals surface area contributed by atoms with Gasteiger partial charge in [0, 0.05) is 6.54 Å². The second-order valence-corrected chi connectivity index (χ2v) is 3.69. The van der Waals surface area contributed by atoms with Crippen molar-refractivity contribution in [2.45, 2.75) is 25.9 Å². The summed E-state index contributed by atoms with van der Waals surface area (Å²) in [6.45, 7) is 4.06. The maximum atomic E-state index is 11.7. The van der Waals surface area contributed by atoms with Crippen molar-refractivity contribution in [3.8, 4) is 0 Å². The molecule has 1 rings (SSSR count). The molecule has 3 heteroatoms. The number of carbonyl (C=O) groups is 1. The van der Waals surface area contributed by atoms with Gasteiger partial charge in [0.1, 0.15) is 0 Å². The zero-order valence-corrected chi connectivity index (χ0v) is 9.16. The molecule has 1 aromatic rings. The Balaban J connectivity index is 2.78. The second kappa shape index (κ2) is 4.94. The van der Waals surface area contributed by atoms with Crippen LogP contribution < -0.4 is 5.32 Å². The molecule has 0 radical (unpaired) electrons. The lowest BCUT2D eigenvalue weighted by atomic mass is 9.95. The Morgan fingerprint density at radius 3 is 2.53 bits per heavy atom. The van der Waals surface area contributed by atoms with Gasteiger partial charge in [-0.05, 0) is 18.9 Å². The highest BCUT2D eigenvalue weighted by Crippen LogP contribution is 2.19. The SMILES string of the molecule is CCCNC(=O)C(C)(O)c1ccccc1. The van der Waals surface area contributed by atoms with Gasteiger partial charge >= 0.3 is 0 Å². The standard InChI is InChI=1S/C12H17NO2/c1-3-9-13-11(14)12(2,15)10-7-5-4-6-8-10/h4-8,15H,3,9H2,1-2H3,(H,13,14). The zero-order chi connectivity index (χ0) is 11.3. The van der Waals surface area contributed by atoms with Crippen LogP contribution in [0.3, 0.4) is 0 Å². The first-order valence-corrected chi connectivity index (χ1v) is 5.15. The van der Waals surface area contributed by atoms with Crippen LogP contribution in [-0.2, 0) is 10.4 Å². The molecule has 82 valence electrons. The van der Waals surface area contributed by atoms with E-state index in [1.165, 1.54) is 6.92 Å². The minimum Gasteiger partial charge on any atom is -0.376 e. The summed E-state index contributed by atoms with van der Waals surface area (Å²) in [4.78, 5) is 11.7. The van der Waals surface area contributed by atoms with E-state index < -0.39 is 5.60 Å². The molecule has 0 spiro atoms. The summed E-state index contributed by atoms with van der Waals surface area (Å²) in [5.74, 6) is -0.351. The Morgan fingerprint density at radius 2 is 2.00 bits per heavy atom. The number of rotatable bonds is 4. The van der Waals surface area contributed by atoms with Gasteiger partial charge in [0.2, 0.25) is 0 Å². The molecule has 0 heterocycles. The smallest absolute Gasteiger partial charge is 0.256 e. The fourth-order valence-corrected chi connectivity index (χ4v) is 1.30. The van der Waals surface area contributed by atoms with Crippen molar-refractivity contribution in [1.29, 1.82) is 0 Å². The van der Waals surface area contributed by atoms with Crippen LogP contribution >= 0.6 is 0 Å². The third kappa shape index (κ3) is 2.80. The minimum absolute atomic E-state index is 0.351. The van der Waals surface area contributed by atoms with Crippen molar-refractivity contribution in [2.24, 2.45) is 0 Å². The molecule has 0 aliphatic carbocycles. The number of nitrogens with one attached hydrogen (secondary N) is 1. The van der Waals surface area contributed by atoms with E-state index >= 15 is 0 Å². The van der Waals surface area contributed by atoms with Crippen molar-refractivity contribution in [3.63, 3.8) is 0 Å². The van der Waals surface area contributed by atoms with E-state index in [9.17, 15) is 9.90 Å². The number of aliphatic hydroxyl groups is 1. The highest BCUT2D eigenvalue weighted by atomic mass is 16.3. The van der Waals surface area contributed by atoms with Crippen molar-refractivity contribution in [1.82, 2.24) is 5.32 Å². The molecule has 15 heavy (non-hydrogen) atoms. The molecule has 0 saturated carbocycles. The normalized spacial score (nSPS) is 14.3. The van der Waals surface area contributed by atoms with Crippen molar-refractivity contribution < 1.29 is 9.90 Å². The van der Waals surface area contributed by atoms with Crippen LogP contribution in [0.15, 0.2) is 30.3 Å². The van der Waals surface area contributed by atoms with Crippen LogP contribution in [0.1, 0.15) is 25.8 Å². The largest absolute Gasteiger partial charge is 0.376 e. The summed E-state index contributed by atoms with van der Waals surface area (Å²) < 4.78 is 0. The molecule has 3 nitrogen and oxygen atoms in total. The first-order chi connectivity index (χ1) is 7.09. The van der Waals surface area contributed by atoms with Gasteiger partial charge < -0.3 is 10.4 Å². The predicted octanol–water partition coefficient (Wildman–Crippen LogP) is 1.42. The molecule has 0 aromatic heterocycles. The van der Waals surface area contributed by atoms with E-state index in [2.05, 4.69) is 5.32 Å². The fourth-order valence-electron chi connectivity index (χ4n) is 1.30. The lowest BCUT2D eigenvalue weighted by Gasteiger charge is -2.22. The minimum atomic E-state index is -1.45. The Kier molecular flexibility index (Phi) is 3.86. The molecule has 0 fully saturated rings. The molecule has 0 aliphatic rings. The number of carbonyl (C=O) groups excluding carboxylic acids is 1. The molecule has 0 saturated heterocycles. The molecular weight excluding hydrogens is 190 g/mol. The molecule has 2 N–H and O–H groups in total.